The summed E-state index contributed by atoms with van der Waals surface area (Å²) >= 11 is 0. The average Bonchev–Trinajstić information content (AvgIpc) is 3.57. The van der Waals surface area contributed by atoms with Crippen LogP contribution in [0, 0.1) is 0 Å². The van der Waals surface area contributed by atoms with E-state index in [-0.39, 0.29) is 60.8 Å². The highest BCUT2D eigenvalue weighted by Gasteiger charge is 2.21. The Balaban J connectivity index is 1.48. The summed E-state index contributed by atoms with van der Waals surface area (Å²) in [6, 6.07) is -9.18. The highest BCUT2D eigenvalue weighted by Crippen LogP contribution is 2.48. The van der Waals surface area contributed by atoms with Crippen molar-refractivity contribution < 1.29 is 32.2 Å². The van der Waals surface area contributed by atoms with E-state index in [4.69, 9.17) is 26.7 Å². The van der Waals surface area contributed by atoms with Gasteiger partial charge in [-0.15, -0.1) is 0 Å². The second-order valence-corrected chi connectivity index (χ2v) is 9.02. The number of nitrogens with zero attached hydrogens (tertiary/aromatic N) is 1. The molecule has 0 N–H and O–H groups in total. The highest BCUT2D eigenvalue weighted by molar-refractivity contribution is 6.19. The summed E-state index contributed by atoms with van der Waals surface area (Å²) in [7, 11) is 0. The van der Waals surface area contributed by atoms with Crippen LogP contribution >= 0.6 is 0 Å². The van der Waals surface area contributed by atoms with Crippen LogP contribution in [0.25, 0.3) is 71.3 Å². The van der Waals surface area contributed by atoms with Gasteiger partial charge in [0.2, 0.25) is 0 Å². The number of hydrogen-bond donors (Lipinski definition) is 0. The molecule has 0 bridgehead atoms. The molecule has 0 unspecified atom stereocenters. The Morgan fingerprint density at radius 2 is 1.38 bits per heavy atom. The van der Waals surface area contributed by atoms with E-state index in [0.29, 0.717) is 0 Å². The van der Waals surface area contributed by atoms with Crippen LogP contribution in [0.4, 0.5) is 0 Å². The molecule has 7 aromatic carbocycles. The molecule has 0 atom stereocenters. The van der Waals surface area contributed by atoms with Crippen molar-refractivity contribution in [2.45, 2.75) is 0 Å². The molecule has 1 aliphatic heterocycles. The lowest BCUT2D eigenvalue weighted by molar-refractivity contribution is 0.487. The zero-order valence-corrected chi connectivity index (χ0v) is 20.1. The lowest BCUT2D eigenvalue weighted by atomic mass is 9.92. The number of rotatable bonds is 2. The predicted octanol–water partition coefficient (Wildman–Crippen LogP) is 10.5. The summed E-state index contributed by atoms with van der Waals surface area (Å²) in [4.78, 5) is 0. The standard InChI is InChI=1S/C38H23NO/c1-2-11-28(12-3-1)39-34-20-17-26(22-32(34)31-19-16-24-8-4-5-13-29(24)38(31)39)27-18-21-35-33(23-27)30-14-6-9-25-10-7-15-36(40-35)37(25)30/h1-23H/i1D,2D,3D,4D,5D,6D,7D,8D,9D,10D,11D,12D,13D,14D,15D,16D,17D,19D,20D,22D. The Hall–Kier alpha value is -5.34. The maximum absolute atomic E-state index is 9.70. The molecule has 9 rings (SSSR count). The molecule has 0 amide bonds. The topological polar surface area (TPSA) is 14.2 Å². The molecule has 2 nitrogen and oxygen atoms in total. The molecule has 2 heterocycles. The molecule has 0 spiro atoms. The summed E-state index contributed by atoms with van der Waals surface area (Å²) in [6.45, 7) is 0. The van der Waals surface area contributed by atoms with Crippen LogP contribution in [0.3, 0.4) is 0 Å². The molecule has 40 heavy (non-hydrogen) atoms. The summed E-state index contributed by atoms with van der Waals surface area (Å²) in [5.41, 5.74) is -1.57. The van der Waals surface area contributed by atoms with Crippen molar-refractivity contribution in [1.29, 1.82) is 0 Å². The van der Waals surface area contributed by atoms with Crippen LogP contribution < -0.4 is 4.74 Å². The van der Waals surface area contributed by atoms with E-state index in [1.165, 1.54) is 18.2 Å². The first-order chi connectivity index (χ1) is 28.2. The first kappa shape index (κ1) is 10.0. The summed E-state index contributed by atoms with van der Waals surface area (Å²) in [5.74, 6) is -0.181. The number of aromatic nitrogens is 1. The molecule has 186 valence electrons. The number of para-hydroxylation sites is 1. The normalized spacial score (nSPS) is 19.2. The Morgan fingerprint density at radius 1 is 0.550 bits per heavy atom. The maximum atomic E-state index is 9.70. The van der Waals surface area contributed by atoms with Gasteiger partial charge in [0.05, 0.1) is 38.4 Å². The Kier molecular flexibility index (Phi) is 2.02. The van der Waals surface area contributed by atoms with Crippen molar-refractivity contribution in [3.8, 4) is 39.4 Å². The van der Waals surface area contributed by atoms with E-state index in [1.54, 1.807) is 0 Å². The molecule has 1 aromatic heterocycles. The first-order valence-electron chi connectivity index (χ1n) is 22.1. The van der Waals surface area contributed by atoms with Crippen LogP contribution in [-0.4, -0.2) is 4.57 Å². The molecule has 0 saturated heterocycles. The molecule has 8 aromatic rings. The zero-order chi connectivity index (χ0) is 43.6. The lowest BCUT2D eigenvalue weighted by Crippen LogP contribution is -1.97. The third kappa shape index (κ3) is 2.99. The van der Waals surface area contributed by atoms with E-state index in [1.807, 2.05) is 0 Å². The average molecular weight is 530 g/mol. The summed E-state index contributed by atoms with van der Waals surface area (Å²) in [6.07, 6.45) is 0. The van der Waals surface area contributed by atoms with Gasteiger partial charge in [0.25, 0.3) is 0 Å². The van der Waals surface area contributed by atoms with Gasteiger partial charge in [-0.05, 0) is 69.8 Å². The minimum atomic E-state index is -0.806. The fourth-order valence-electron chi connectivity index (χ4n) is 5.18. The van der Waals surface area contributed by atoms with Gasteiger partial charge >= 0.3 is 0 Å². The molecule has 0 aliphatic carbocycles. The van der Waals surface area contributed by atoms with Crippen molar-refractivity contribution in [2.24, 2.45) is 0 Å². The van der Waals surface area contributed by atoms with Gasteiger partial charge in [0, 0.05) is 32.8 Å². The molecular weight excluding hydrogens is 486 g/mol. The second kappa shape index (κ2) is 8.08. The van der Waals surface area contributed by atoms with Crippen LogP contribution in [0.15, 0.2) is 139 Å². The van der Waals surface area contributed by atoms with Crippen molar-refractivity contribution >= 4 is 43.4 Å². The number of fused-ring (bicyclic) bond motifs is 7. The fourth-order valence-corrected chi connectivity index (χ4v) is 5.18. The minimum Gasteiger partial charge on any atom is -0.456 e. The smallest absolute Gasteiger partial charge is 0.135 e. The van der Waals surface area contributed by atoms with E-state index in [2.05, 4.69) is 0 Å². The minimum absolute atomic E-state index is 0.0259. The van der Waals surface area contributed by atoms with Crippen molar-refractivity contribution in [1.82, 2.24) is 4.57 Å². The van der Waals surface area contributed by atoms with E-state index in [9.17, 15) is 5.48 Å². The predicted molar refractivity (Wildman–Crippen MR) is 167 cm³/mol. The quantitative estimate of drug-likeness (QED) is 0.217. The van der Waals surface area contributed by atoms with Crippen LogP contribution in [-0.2, 0) is 0 Å². The van der Waals surface area contributed by atoms with Gasteiger partial charge in [-0.1, -0.05) is 96.7 Å². The monoisotopic (exact) mass is 529 g/mol. The second-order valence-electron chi connectivity index (χ2n) is 9.02. The van der Waals surface area contributed by atoms with Gasteiger partial charge in [-0.25, -0.2) is 0 Å². The Bertz CT molecular complexity index is 3370. The van der Waals surface area contributed by atoms with Crippen LogP contribution in [0.5, 0.6) is 11.5 Å². The van der Waals surface area contributed by atoms with Gasteiger partial charge in [0.1, 0.15) is 11.5 Å². The Labute approximate surface area is 259 Å². The van der Waals surface area contributed by atoms with E-state index < -0.39 is 143 Å². The zero-order valence-electron chi connectivity index (χ0n) is 40.1. The van der Waals surface area contributed by atoms with Gasteiger partial charge < -0.3 is 9.30 Å². The highest BCUT2D eigenvalue weighted by atomic mass is 16.5. The third-order valence-electron chi connectivity index (χ3n) is 6.89. The number of benzene rings is 7. The van der Waals surface area contributed by atoms with Crippen LogP contribution in [0.2, 0.25) is 0 Å². The van der Waals surface area contributed by atoms with Crippen molar-refractivity contribution in [3.63, 3.8) is 0 Å². The van der Waals surface area contributed by atoms with E-state index in [0.717, 1.165) is 4.57 Å². The fraction of sp³-hybridized carbons (Fsp3) is 0. The van der Waals surface area contributed by atoms with Gasteiger partial charge in [0.15, 0.2) is 0 Å². The van der Waals surface area contributed by atoms with Crippen molar-refractivity contribution in [2.75, 3.05) is 0 Å². The molecular formula is C38H23NO. The number of ether oxygens (including phenoxy) is 1. The van der Waals surface area contributed by atoms with E-state index >= 15 is 0 Å². The molecule has 0 fully saturated rings. The molecule has 0 radical (unpaired) electrons. The number of hydrogen-bond acceptors (Lipinski definition) is 1. The third-order valence-corrected chi connectivity index (χ3v) is 6.89. The van der Waals surface area contributed by atoms with Crippen LogP contribution in [0.1, 0.15) is 27.4 Å². The molecule has 0 saturated carbocycles. The Morgan fingerprint density at radius 3 is 2.30 bits per heavy atom. The summed E-state index contributed by atoms with van der Waals surface area (Å²) < 4.78 is 183. The summed E-state index contributed by atoms with van der Waals surface area (Å²) in [5, 5.41) is -1.74. The van der Waals surface area contributed by atoms with Crippen molar-refractivity contribution in [3.05, 3.63) is 139 Å². The van der Waals surface area contributed by atoms with Gasteiger partial charge in [-0.2, -0.15) is 0 Å². The van der Waals surface area contributed by atoms with Gasteiger partial charge in [-0.3, -0.25) is 0 Å². The molecule has 2 heteroatoms. The SMILES string of the molecule is [2H]c1c([2H])c([2H])c(-n2c3c([2H])c([2H])c(-c4ccc5c(c4)-c4c([2H])c([2H])c([2H])c6c([2H])c([2H])c([2H])c(c46)O5)c([2H])c3c3c([2H])c([2H])c4c([2H])c([2H])c([2H])c([2H])c4c32)c([2H])c1[2H]. The lowest BCUT2D eigenvalue weighted by Gasteiger charge is -2.22. The largest absolute Gasteiger partial charge is 0.456 e. The molecule has 1 aliphatic rings. The first-order valence-corrected chi connectivity index (χ1v) is 12.1. The maximum Gasteiger partial charge on any atom is 0.135 e.